The Kier molecular flexibility index (Phi) is 4.66. The average Bonchev–Trinajstić information content (AvgIpc) is 2.77. The average molecular weight is 286 g/mol. The number of halogens is 1. The van der Waals surface area contributed by atoms with Crippen molar-refractivity contribution in [2.45, 2.75) is 26.3 Å². The first-order valence-electron chi connectivity index (χ1n) is 5.91. The van der Waals surface area contributed by atoms with Gasteiger partial charge in [-0.25, -0.2) is 4.98 Å². The molecule has 0 saturated heterocycles. The van der Waals surface area contributed by atoms with Crippen LogP contribution in [0.3, 0.4) is 0 Å². The highest BCUT2D eigenvalue weighted by molar-refractivity contribution is 7.99. The fraction of sp³-hybridized carbons (Fsp3) is 0.545. The van der Waals surface area contributed by atoms with Crippen molar-refractivity contribution in [3.05, 3.63) is 11.6 Å². The van der Waals surface area contributed by atoms with Crippen molar-refractivity contribution in [3.63, 3.8) is 0 Å². The van der Waals surface area contributed by atoms with Gasteiger partial charge in [0.25, 0.3) is 0 Å². The van der Waals surface area contributed by atoms with Crippen molar-refractivity contribution in [3.8, 4) is 0 Å². The van der Waals surface area contributed by atoms with E-state index in [0.717, 1.165) is 29.3 Å². The number of nitrogens with zero attached hydrogens (tertiary/aromatic N) is 3. The number of aromatic amines is 1. The minimum absolute atomic E-state index is 0.215. The highest BCUT2D eigenvalue weighted by Crippen LogP contribution is 2.20. The van der Waals surface area contributed by atoms with Gasteiger partial charge in [0.2, 0.25) is 5.28 Å². The van der Waals surface area contributed by atoms with Crippen molar-refractivity contribution >= 4 is 40.3 Å². The largest absolute Gasteiger partial charge is 0.366 e. The fourth-order valence-corrected chi connectivity index (χ4v) is 2.59. The Morgan fingerprint density at radius 2 is 2.33 bits per heavy atom. The van der Waals surface area contributed by atoms with E-state index in [4.69, 9.17) is 11.6 Å². The molecule has 7 heteroatoms. The summed E-state index contributed by atoms with van der Waals surface area (Å²) in [5.41, 5.74) is 1.39. The van der Waals surface area contributed by atoms with E-state index >= 15 is 0 Å². The second-order valence-electron chi connectivity index (χ2n) is 3.97. The van der Waals surface area contributed by atoms with Crippen LogP contribution >= 0.6 is 23.4 Å². The monoisotopic (exact) mass is 285 g/mol. The van der Waals surface area contributed by atoms with Crippen LogP contribution in [0, 0.1) is 0 Å². The molecular formula is C11H16ClN5S. The molecule has 2 heterocycles. The number of hydrogen-bond donors (Lipinski definition) is 2. The van der Waals surface area contributed by atoms with Crippen LogP contribution in [-0.2, 0) is 0 Å². The molecule has 2 rings (SSSR count). The van der Waals surface area contributed by atoms with Gasteiger partial charge in [-0.3, -0.25) is 0 Å². The number of aromatic nitrogens is 4. The van der Waals surface area contributed by atoms with Crippen LogP contribution in [0.4, 0.5) is 5.82 Å². The number of fused-ring (bicyclic) bond motifs is 1. The molecule has 2 aromatic heterocycles. The molecule has 0 spiro atoms. The molecule has 0 aliphatic heterocycles. The van der Waals surface area contributed by atoms with Gasteiger partial charge in [0.1, 0.15) is 5.52 Å². The van der Waals surface area contributed by atoms with E-state index in [-0.39, 0.29) is 5.28 Å². The number of hydrogen-bond acceptors (Lipinski definition) is 5. The summed E-state index contributed by atoms with van der Waals surface area (Å²) in [4.78, 5) is 15.4. The second kappa shape index (κ2) is 6.24. The van der Waals surface area contributed by atoms with Gasteiger partial charge in [-0.05, 0) is 36.5 Å². The molecule has 0 amide bonds. The summed E-state index contributed by atoms with van der Waals surface area (Å²) in [5, 5.41) is 3.57. The van der Waals surface area contributed by atoms with Crippen molar-refractivity contribution in [2.75, 3.05) is 16.8 Å². The van der Waals surface area contributed by atoms with E-state index in [1.165, 1.54) is 0 Å². The Hall–Kier alpha value is -1.01. The summed E-state index contributed by atoms with van der Waals surface area (Å²) in [5.74, 6) is 3.00. The van der Waals surface area contributed by atoms with E-state index in [1.54, 1.807) is 6.33 Å². The fourth-order valence-electron chi connectivity index (χ4n) is 1.62. The normalized spacial score (nSPS) is 12.8. The van der Waals surface area contributed by atoms with Crippen LogP contribution in [0.5, 0.6) is 0 Å². The number of rotatable bonds is 6. The number of nitrogens with one attached hydrogen (secondary N) is 2. The first-order chi connectivity index (χ1) is 8.70. The SMILES string of the molecule is CCSCCC(C)Nc1nc(Cl)nc2nc[nH]c12. The zero-order valence-corrected chi connectivity index (χ0v) is 12.0. The van der Waals surface area contributed by atoms with E-state index in [0.29, 0.717) is 11.7 Å². The molecule has 18 heavy (non-hydrogen) atoms. The maximum Gasteiger partial charge on any atom is 0.226 e. The second-order valence-corrected chi connectivity index (χ2v) is 5.71. The molecule has 0 aromatic carbocycles. The van der Waals surface area contributed by atoms with Crippen LogP contribution in [0.2, 0.25) is 5.28 Å². The third-order valence-corrected chi connectivity index (χ3v) is 3.64. The minimum atomic E-state index is 0.215. The number of thioether (sulfide) groups is 1. The highest BCUT2D eigenvalue weighted by Gasteiger charge is 2.11. The van der Waals surface area contributed by atoms with Gasteiger partial charge in [0.15, 0.2) is 11.5 Å². The molecule has 1 unspecified atom stereocenters. The summed E-state index contributed by atoms with van der Waals surface area (Å²) in [6, 6.07) is 0.335. The van der Waals surface area contributed by atoms with Crippen LogP contribution in [-0.4, -0.2) is 37.5 Å². The molecule has 0 aliphatic rings. The topological polar surface area (TPSA) is 66.5 Å². The Balaban J connectivity index is 2.08. The van der Waals surface area contributed by atoms with Gasteiger partial charge in [-0.1, -0.05) is 6.92 Å². The number of H-pyrrole nitrogens is 1. The minimum Gasteiger partial charge on any atom is -0.366 e. The lowest BCUT2D eigenvalue weighted by atomic mass is 10.2. The zero-order chi connectivity index (χ0) is 13.0. The lowest BCUT2D eigenvalue weighted by molar-refractivity contribution is 0.767. The Labute approximate surface area is 115 Å². The van der Waals surface area contributed by atoms with Gasteiger partial charge in [-0.2, -0.15) is 21.7 Å². The molecule has 2 N–H and O–H groups in total. The quantitative estimate of drug-likeness (QED) is 0.631. The van der Waals surface area contributed by atoms with Gasteiger partial charge in [0.05, 0.1) is 6.33 Å². The third-order valence-electron chi connectivity index (χ3n) is 2.54. The van der Waals surface area contributed by atoms with Gasteiger partial charge >= 0.3 is 0 Å². The standard InChI is InChI=1S/C11H16ClN5S/c1-3-18-5-4-7(2)15-10-8-9(14-6-13-8)16-11(12)17-10/h6-7H,3-5H2,1-2H3,(H2,13,14,15,16,17). The zero-order valence-electron chi connectivity index (χ0n) is 10.4. The number of anilines is 1. The van der Waals surface area contributed by atoms with Crippen LogP contribution in [0.25, 0.3) is 11.2 Å². The van der Waals surface area contributed by atoms with Crippen LogP contribution in [0.15, 0.2) is 6.33 Å². The predicted octanol–water partition coefficient (Wildman–Crippen LogP) is 2.95. The van der Waals surface area contributed by atoms with Gasteiger partial charge < -0.3 is 10.3 Å². The van der Waals surface area contributed by atoms with Crippen LogP contribution in [0.1, 0.15) is 20.3 Å². The third kappa shape index (κ3) is 3.26. The molecule has 0 bridgehead atoms. The lowest BCUT2D eigenvalue weighted by Gasteiger charge is -2.14. The highest BCUT2D eigenvalue weighted by atomic mass is 35.5. The Bertz CT molecular complexity index is 515. The molecular weight excluding hydrogens is 270 g/mol. The molecule has 2 aromatic rings. The first kappa shape index (κ1) is 13.4. The smallest absolute Gasteiger partial charge is 0.226 e. The molecule has 0 aliphatic carbocycles. The molecule has 98 valence electrons. The van der Waals surface area contributed by atoms with Crippen molar-refractivity contribution in [2.24, 2.45) is 0 Å². The lowest BCUT2D eigenvalue weighted by Crippen LogP contribution is -2.17. The molecule has 0 saturated carbocycles. The van der Waals surface area contributed by atoms with E-state index < -0.39 is 0 Å². The van der Waals surface area contributed by atoms with Gasteiger partial charge in [-0.15, -0.1) is 0 Å². The summed E-state index contributed by atoms with van der Waals surface area (Å²) >= 11 is 7.81. The van der Waals surface area contributed by atoms with Crippen molar-refractivity contribution in [1.82, 2.24) is 19.9 Å². The molecule has 1 atom stereocenters. The van der Waals surface area contributed by atoms with Crippen molar-refractivity contribution in [1.29, 1.82) is 0 Å². The van der Waals surface area contributed by atoms with Crippen molar-refractivity contribution < 1.29 is 0 Å². The summed E-state index contributed by atoms with van der Waals surface area (Å²) in [7, 11) is 0. The van der Waals surface area contributed by atoms with E-state index in [2.05, 4.69) is 39.1 Å². The molecule has 5 nitrogen and oxygen atoms in total. The van der Waals surface area contributed by atoms with Gasteiger partial charge in [0, 0.05) is 6.04 Å². The molecule has 0 radical (unpaired) electrons. The Morgan fingerprint density at radius 1 is 1.50 bits per heavy atom. The predicted molar refractivity (Wildman–Crippen MR) is 77.4 cm³/mol. The summed E-state index contributed by atoms with van der Waals surface area (Å²) < 4.78 is 0. The maximum atomic E-state index is 5.87. The summed E-state index contributed by atoms with van der Waals surface area (Å²) in [6.45, 7) is 4.30. The Morgan fingerprint density at radius 3 is 3.11 bits per heavy atom. The van der Waals surface area contributed by atoms with Crippen LogP contribution < -0.4 is 5.32 Å². The molecule has 0 fully saturated rings. The van der Waals surface area contributed by atoms with E-state index in [1.807, 2.05) is 11.8 Å². The number of imidazole rings is 1. The first-order valence-corrected chi connectivity index (χ1v) is 7.45. The van der Waals surface area contributed by atoms with E-state index in [9.17, 15) is 0 Å². The maximum absolute atomic E-state index is 5.87. The summed E-state index contributed by atoms with van der Waals surface area (Å²) in [6.07, 6.45) is 2.67.